The molecule has 0 aliphatic carbocycles. The Morgan fingerprint density at radius 1 is 1.19 bits per heavy atom. The molecule has 2 atom stereocenters. The number of nitrogens with zero attached hydrogens (tertiary/aromatic N) is 2. The van der Waals surface area contributed by atoms with Gasteiger partial charge in [0.05, 0.1) is 11.8 Å². The molecule has 1 spiro atoms. The highest BCUT2D eigenvalue weighted by Crippen LogP contribution is 2.59. The highest BCUT2D eigenvalue weighted by atomic mass is 32.2. The number of likely N-dealkylation sites (tertiary alicyclic amines) is 2. The molecule has 3 aliphatic rings. The Morgan fingerprint density at radius 3 is 2.44 bits per heavy atom. The van der Waals surface area contributed by atoms with Gasteiger partial charge in [-0.25, -0.2) is 0 Å². The average Bonchev–Trinajstić information content (AvgIpc) is 2.89. The molecule has 6 heteroatoms. The summed E-state index contributed by atoms with van der Waals surface area (Å²) in [6, 6.07) is 0. The van der Waals surface area contributed by atoms with Gasteiger partial charge in [0, 0.05) is 25.1 Å². The van der Waals surface area contributed by atoms with Gasteiger partial charge in [0.2, 0.25) is 11.8 Å². The summed E-state index contributed by atoms with van der Waals surface area (Å²) in [7, 11) is 3.64. The molecule has 3 heterocycles. The van der Waals surface area contributed by atoms with Crippen LogP contribution in [-0.2, 0) is 9.59 Å². The summed E-state index contributed by atoms with van der Waals surface area (Å²) in [6.45, 7) is 0.722. The first-order chi connectivity index (χ1) is 7.58. The SMILES string of the molecule is CN1C(=O)[C@@H]2[C@@H](CN(C)C23SCCS3)C1=O. The number of hydrogen-bond donors (Lipinski definition) is 0. The highest BCUT2D eigenvalue weighted by Gasteiger charge is 2.64. The Morgan fingerprint density at radius 2 is 1.81 bits per heavy atom. The minimum Gasteiger partial charge on any atom is -0.285 e. The third-order valence-electron chi connectivity index (χ3n) is 3.74. The summed E-state index contributed by atoms with van der Waals surface area (Å²) in [5, 5.41) is 0. The fourth-order valence-electron chi connectivity index (χ4n) is 2.95. The molecule has 2 amide bonds. The van der Waals surface area contributed by atoms with Crippen LogP contribution < -0.4 is 0 Å². The number of carbonyl (C=O) groups is 2. The molecule has 3 fully saturated rings. The molecule has 0 aromatic rings. The molecule has 0 aromatic heterocycles. The van der Waals surface area contributed by atoms with E-state index in [4.69, 9.17) is 0 Å². The number of hydrogen-bond acceptors (Lipinski definition) is 5. The van der Waals surface area contributed by atoms with Crippen LogP contribution in [-0.4, -0.2) is 58.0 Å². The van der Waals surface area contributed by atoms with Gasteiger partial charge in [0.1, 0.15) is 4.20 Å². The third kappa shape index (κ3) is 1.13. The molecule has 3 rings (SSSR count). The molecular weight excluding hydrogens is 244 g/mol. The van der Waals surface area contributed by atoms with Crippen molar-refractivity contribution in [3.63, 3.8) is 0 Å². The maximum absolute atomic E-state index is 12.2. The molecule has 0 aromatic carbocycles. The van der Waals surface area contributed by atoms with Gasteiger partial charge in [-0.05, 0) is 7.05 Å². The van der Waals surface area contributed by atoms with Gasteiger partial charge >= 0.3 is 0 Å². The van der Waals surface area contributed by atoms with Gasteiger partial charge in [-0.15, -0.1) is 23.5 Å². The van der Waals surface area contributed by atoms with Gasteiger partial charge in [-0.3, -0.25) is 19.4 Å². The van der Waals surface area contributed by atoms with Crippen LogP contribution >= 0.6 is 23.5 Å². The lowest BCUT2D eigenvalue weighted by atomic mass is 9.99. The van der Waals surface area contributed by atoms with Gasteiger partial charge in [-0.1, -0.05) is 0 Å². The third-order valence-corrected chi connectivity index (χ3v) is 7.48. The van der Waals surface area contributed by atoms with Crippen LogP contribution in [0.1, 0.15) is 0 Å². The van der Waals surface area contributed by atoms with Crippen LogP contribution in [0.3, 0.4) is 0 Å². The van der Waals surface area contributed by atoms with Crippen molar-refractivity contribution in [2.45, 2.75) is 4.20 Å². The molecular formula is C10H14N2O2S2. The van der Waals surface area contributed by atoms with E-state index in [-0.39, 0.29) is 27.9 Å². The summed E-state index contributed by atoms with van der Waals surface area (Å²) in [6.07, 6.45) is 0. The second-order valence-electron chi connectivity index (χ2n) is 4.53. The quantitative estimate of drug-likeness (QED) is 0.584. The van der Waals surface area contributed by atoms with E-state index in [1.54, 1.807) is 7.05 Å². The zero-order valence-electron chi connectivity index (χ0n) is 9.30. The van der Waals surface area contributed by atoms with Crippen LogP contribution in [0, 0.1) is 11.8 Å². The van der Waals surface area contributed by atoms with E-state index in [9.17, 15) is 9.59 Å². The van der Waals surface area contributed by atoms with E-state index in [0.717, 1.165) is 18.1 Å². The van der Waals surface area contributed by atoms with Crippen LogP contribution in [0.4, 0.5) is 0 Å². The summed E-state index contributed by atoms with van der Waals surface area (Å²) in [4.78, 5) is 27.6. The van der Waals surface area contributed by atoms with Crippen molar-refractivity contribution in [3.05, 3.63) is 0 Å². The van der Waals surface area contributed by atoms with Crippen molar-refractivity contribution >= 4 is 35.3 Å². The molecule has 0 bridgehead atoms. The molecule has 16 heavy (non-hydrogen) atoms. The van der Waals surface area contributed by atoms with Crippen molar-refractivity contribution < 1.29 is 9.59 Å². The van der Waals surface area contributed by atoms with Crippen molar-refractivity contribution in [1.82, 2.24) is 9.80 Å². The van der Waals surface area contributed by atoms with Gasteiger partial charge in [0.25, 0.3) is 0 Å². The zero-order chi connectivity index (χ0) is 11.5. The number of amides is 2. The number of rotatable bonds is 0. The minimum atomic E-state index is -0.165. The maximum Gasteiger partial charge on any atom is 0.236 e. The van der Waals surface area contributed by atoms with Gasteiger partial charge in [0.15, 0.2) is 0 Å². The van der Waals surface area contributed by atoms with Crippen molar-refractivity contribution in [2.24, 2.45) is 11.8 Å². The molecule has 0 saturated carbocycles. The monoisotopic (exact) mass is 258 g/mol. The molecule has 3 saturated heterocycles. The van der Waals surface area contributed by atoms with Crippen LogP contribution in [0.5, 0.6) is 0 Å². The normalized spacial score (nSPS) is 37.8. The van der Waals surface area contributed by atoms with E-state index >= 15 is 0 Å². The topological polar surface area (TPSA) is 40.6 Å². The number of imide groups is 1. The summed E-state index contributed by atoms with van der Waals surface area (Å²) in [5.41, 5.74) is 0. The van der Waals surface area contributed by atoms with Gasteiger partial charge in [-0.2, -0.15) is 0 Å². The second kappa shape index (κ2) is 3.40. The molecule has 0 N–H and O–H groups in total. The van der Waals surface area contributed by atoms with E-state index in [2.05, 4.69) is 4.90 Å². The maximum atomic E-state index is 12.2. The number of fused-ring (bicyclic) bond motifs is 2. The predicted octanol–water partition coefficient (Wildman–Crippen LogP) is 0.297. The Hall–Kier alpha value is -0.200. The summed E-state index contributed by atoms with van der Waals surface area (Å²) < 4.78 is -0.165. The minimum absolute atomic E-state index is 0.00632. The molecule has 0 radical (unpaired) electrons. The zero-order valence-corrected chi connectivity index (χ0v) is 10.9. The van der Waals surface area contributed by atoms with E-state index in [1.807, 2.05) is 30.6 Å². The lowest BCUT2D eigenvalue weighted by molar-refractivity contribution is -0.139. The lowest BCUT2D eigenvalue weighted by Gasteiger charge is -2.33. The van der Waals surface area contributed by atoms with Crippen LogP contribution in [0.25, 0.3) is 0 Å². The van der Waals surface area contributed by atoms with E-state index in [1.165, 1.54) is 4.90 Å². The summed E-state index contributed by atoms with van der Waals surface area (Å²) >= 11 is 3.67. The Balaban J connectivity index is 2.03. The number of thioether (sulfide) groups is 2. The smallest absolute Gasteiger partial charge is 0.236 e. The standard InChI is InChI=1S/C10H14N2O2S2/c1-11-5-6-7(9(14)12(2)8(6)13)10(11)15-3-4-16-10/h6-7H,3-5H2,1-2H3/t6-,7+/m1/s1. The number of carbonyl (C=O) groups excluding carboxylic acids is 2. The van der Waals surface area contributed by atoms with Crippen molar-refractivity contribution in [1.29, 1.82) is 0 Å². The second-order valence-corrected chi connectivity index (χ2v) is 7.42. The average molecular weight is 258 g/mol. The summed E-state index contributed by atoms with van der Waals surface area (Å²) in [5.74, 6) is 1.92. The molecule has 0 unspecified atom stereocenters. The largest absolute Gasteiger partial charge is 0.285 e. The molecule has 88 valence electrons. The Kier molecular flexibility index (Phi) is 2.32. The Labute approximate surface area is 103 Å². The first-order valence-electron chi connectivity index (χ1n) is 5.38. The fourth-order valence-corrected chi connectivity index (χ4v) is 6.52. The molecule has 4 nitrogen and oxygen atoms in total. The van der Waals surface area contributed by atoms with Gasteiger partial charge < -0.3 is 0 Å². The van der Waals surface area contributed by atoms with E-state index in [0.29, 0.717) is 0 Å². The fraction of sp³-hybridized carbons (Fsp3) is 0.800. The Bertz CT molecular complexity index is 368. The van der Waals surface area contributed by atoms with Crippen LogP contribution in [0.15, 0.2) is 0 Å². The first-order valence-corrected chi connectivity index (χ1v) is 7.35. The van der Waals surface area contributed by atoms with Crippen molar-refractivity contribution in [3.8, 4) is 0 Å². The highest BCUT2D eigenvalue weighted by molar-refractivity contribution is 8.21. The van der Waals surface area contributed by atoms with E-state index < -0.39 is 0 Å². The van der Waals surface area contributed by atoms with Crippen LogP contribution in [0.2, 0.25) is 0 Å². The molecule has 3 aliphatic heterocycles. The van der Waals surface area contributed by atoms with Crippen molar-refractivity contribution in [2.75, 3.05) is 32.1 Å². The predicted molar refractivity (Wildman–Crippen MR) is 65.0 cm³/mol. The first kappa shape index (κ1) is 10.9. The lowest BCUT2D eigenvalue weighted by Crippen LogP contribution is -2.43.